The lowest BCUT2D eigenvalue weighted by atomic mass is 9.86. The van der Waals surface area contributed by atoms with E-state index in [1.54, 1.807) is 7.11 Å². The van der Waals surface area contributed by atoms with Gasteiger partial charge >= 0.3 is 0 Å². The van der Waals surface area contributed by atoms with Gasteiger partial charge in [0.05, 0.1) is 12.4 Å². The van der Waals surface area contributed by atoms with E-state index in [-0.39, 0.29) is 11.9 Å². The van der Waals surface area contributed by atoms with Crippen molar-refractivity contribution in [1.82, 2.24) is 0 Å². The quantitative estimate of drug-likeness (QED) is 0.713. The number of hydrogen-bond acceptors (Lipinski definition) is 4. The van der Waals surface area contributed by atoms with Gasteiger partial charge in [-0.05, 0) is 28.3 Å². The van der Waals surface area contributed by atoms with Gasteiger partial charge in [0, 0.05) is 18.2 Å². The third kappa shape index (κ3) is 3.67. The summed E-state index contributed by atoms with van der Waals surface area (Å²) < 4.78 is 34.9. The van der Waals surface area contributed by atoms with Crippen LogP contribution in [0.1, 0.15) is 28.4 Å². The molecule has 1 heterocycles. The van der Waals surface area contributed by atoms with Crippen LogP contribution in [0.3, 0.4) is 0 Å². The molecule has 6 heteroatoms. The topological polar surface area (TPSA) is 78.6 Å². The average molecular weight is 395 g/mol. The summed E-state index contributed by atoms with van der Waals surface area (Å²) in [5.74, 6) is 0.573. The number of methoxy groups -OCH3 is 1. The van der Waals surface area contributed by atoms with Crippen molar-refractivity contribution in [2.75, 3.05) is 7.11 Å². The molecule has 0 amide bonds. The molecule has 0 aliphatic carbocycles. The van der Waals surface area contributed by atoms with Crippen LogP contribution in [0.2, 0.25) is 0 Å². The van der Waals surface area contributed by atoms with Crippen molar-refractivity contribution in [1.29, 1.82) is 0 Å². The zero-order valence-electron chi connectivity index (χ0n) is 15.5. The molecule has 0 spiro atoms. The van der Waals surface area contributed by atoms with Crippen molar-refractivity contribution in [2.24, 2.45) is 5.14 Å². The Balaban J connectivity index is 1.91. The first-order valence-electron chi connectivity index (χ1n) is 8.92. The fourth-order valence-corrected chi connectivity index (χ4v) is 4.35. The van der Waals surface area contributed by atoms with E-state index < -0.39 is 10.0 Å². The molecule has 144 valence electrons. The molecule has 0 fully saturated rings. The number of primary sulfonamides is 1. The Morgan fingerprint density at radius 3 is 2.54 bits per heavy atom. The van der Waals surface area contributed by atoms with Crippen molar-refractivity contribution < 1.29 is 17.9 Å². The van der Waals surface area contributed by atoms with E-state index in [0.717, 1.165) is 33.6 Å². The molecule has 2 N–H and O–H groups in total. The Morgan fingerprint density at radius 2 is 1.82 bits per heavy atom. The van der Waals surface area contributed by atoms with Gasteiger partial charge in [-0.1, -0.05) is 60.7 Å². The Hall–Kier alpha value is -2.67. The van der Waals surface area contributed by atoms with Crippen LogP contribution in [-0.4, -0.2) is 15.5 Å². The van der Waals surface area contributed by atoms with Crippen molar-refractivity contribution in [3.05, 3.63) is 89.0 Å². The summed E-state index contributed by atoms with van der Waals surface area (Å²) in [7, 11) is -1.97. The molecule has 4 rings (SSSR count). The van der Waals surface area contributed by atoms with Gasteiger partial charge in [0.1, 0.15) is 11.9 Å². The largest absolute Gasteiger partial charge is 0.480 e. The number of ether oxygens (including phenoxy) is 2. The van der Waals surface area contributed by atoms with Gasteiger partial charge in [0.25, 0.3) is 0 Å². The van der Waals surface area contributed by atoms with Crippen molar-refractivity contribution >= 4 is 10.0 Å². The zero-order chi connectivity index (χ0) is 19.7. The lowest BCUT2D eigenvalue weighted by Crippen LogP contribution is -2.18. The van der Waals surface area contributed by atoms with E-state index >= 15 is 0 Å². The molecule has 0 aromatic heterocycles. The van der Waals surface area contributed by atoms with Gasteiger partial charge in [0.15, 0.2) is 0 Å². The molecule has 0 bridgehead atoms. The van der Waals surface area contributed by atoms with E-state index in [9.17, 15) is 8.42 Å². The summed E-state index contributed by atoms with van der Waals surface area (Å²) in [6, 6.07) is 21.4. The van der Waals surface area contributed by atoms with Crippen LogP contribution in [0, 0.1) is 0 Å². The van der Waals surface area contributed by atoms with Crippen LogP contribution in [-0.2, 0) is 27.1 Å². The standard InChI is InChI=1S/C22H21NO4S/c1-26-13-17-8-5-9-20-21(17)18-11-10-15(14-28(23,24)25)12-19(18)22(27-20)16-6-3-2-4-7-16/h2-12,22H,13-14H2,1H3,(H2,23,24,25). The number of hydrogen-bond donors (Lipinski definition) is 1. The maximum Gasteiger partial charge on any atom is 0.213 e. The Bertz CT molecular complexity index is 1110. The Morgan fingerprint density at radius 1 is 1.04 bits per heavy atom. The molecule has 1 aliphatic rings. The smallest absolute Gasteiger partial charge is 0.213 e. The maximum atomic E-state index is 11.6. The van der Waals surface area contributed by atoms with Gasteiger partial charge in [-0.2, -0.15) is 0 Å². The second kappa shape index (κ2) is 7.39. The zero-order valence-corrected chi connectivity index (χ0v) is 16.3. The number of nitrogens with two attached hydrogens (primary N) is 1. The van der Waals surface area contributed by atoms with Gasteiger partial charge < -0.3 is 9.47 Å². The first-order chi connectivity index (χ1) is 13.5. The van der Waals surface area contributed by atoms with Crippen LogP contribution < -0.4 is 9.88 Å². The van der Waals surface area contributed by atoms with Gasteiger partial charge in [-0.25, -0.2) is 13.6 Å². The molecular weight excluding hydrogens is 374 g/mol. The number of benzene rings is 3. The summed E-state index contributed by atoms with van der Waals surface area (Å²) in [5, 5.41) is 5.25. The highest BCUT2D eigenvalue weighted by molar-refractivity contribution is 7.88. The van der Waals surface area contributed by atoms with E-state index in [0.29, 0.717) is 12.2 Å². The van der Waals surface area contributed by atoms with E-state index in [1.165, 1.54) is 0 Å². The average Bonchev–Trinajstić information content (AvgIpc) is 2.67. The van der Waals surface area contributed by atoms with Gasteiger partial charge in [-0.15, -0.1) is 0 Å². The van der Waals surface area contributed by atoms with E-state index in [1.807, 2.05) is 66.7 Å². The van der Waals surface area contributed by atoms with Crippen molar-refractivity contribution in [2.45, 2.75) is 18.5 Å². The molecule has 0 saturated carbocycles. The van der Waals surface area contributed by atoms with Crippen molar-refractivity contribution in [3.8, 4) is 16.9 Å². The summed E-state index contributed by atoms with van der Waals surface area (Å²) in [5.41, 5.74) is 5.57. The number of fused-ring (bicyclic) bond motifs is 3. The van der Waals surface area contributed by atoms with Crippen LogP contribution >= 0.6 is 0 Å². The van der Waals surface area contributed by atoms with Crippen LogP contribution in [0.15, 0.2) is 66.7 Å². The Kier molecular flexibility index (Phi) is 4.93. The molecule has 1 atom stereocenters. The van der Waals surface area contributed by atoms with E-state index in [4.69, 9.17) is 14.6 Å². The minimum absolute atomic E-state index is 0.214. The third-order valence-corrected chi connectivity index (χ3v) is 5.53. The molecule has 0 radical (unpaired) electrons. The SMILES string of the molecule is COCc1cccc2c1-c1ccc(CS(N)(=O)=O)cc1C(c1ccccc1)O2. The van der Waals surface area contributed by atoms with Gasteiger partial charge in [-0.3, -0.25) is 0 Å². The first-order valence-corrected chi connectivity index (χ1v) is 10.6. The molecule has 0 saturated heterocycles. The Labute approximate surface area is 164 Å². The van der Waals surface area contributed by atoms with Crippen LogP contribution in [0.25, 0.3) is 11.1 Å². The first kappa shape index (κ1) is 18.7. The third-order valence-electron chi connectivity index (χ3n) is 4.80. The second-order valence-corrected chi connectivity index (χ2v) is 8.48. The number of rotatable bonds is 5. The van der Waals surface area contributed by atoms with Crippen molar-refractivity contribution in [3.63, 3.8) is 0 Å². The molecule has 3 aromatic rings. The molecule has 28 heavy (non-hydrogen) atoms. The molecule has 5 nitrogen and oxygen atoms in total. The summed E-state index contributed by atoms with van der Waals surface area (Å²) in [6.45, 7) is 0.459. The predicted octanol–water partition coefficient (Wildman–Crippen LogP) is 3.77. The van der Waals surface area contributed by atoms with Crippen LogP contribution in [0.4, 0.5) is 0 Å². The summed E-state index contributed by atoms with van der Waals surface area (Å²) in [4.78, 5) is 0. The molecule has 1 aliphatic heterocycles. The predicted molar refractivity (Wildman–Crippen MR) is 108 cm³/mol. The normalized spacial score (nSPS) is 15.4. The monoisotopic (exact) mass is 395 g/mol. The van der Waals surface area contributed by atoms with E-state index in [2.05, 4.69) is 0 Å². The highest BCUT2D eigenvalue weighted by atomic mass is 32.2. The van der Waals surface area contributed by atoms with Gasteiger partial charge in [0.2, 0.25) is 10.0 Å². The minimum atomic E-state index is -3.62. The summed E-state index contributed by atoms with van der Waals surface area (Å²) >= 11 is 0. The second-order valence-electron chi connectivity index (χ2n) is 6.86. The minimum Gasteiger partial charge on any atom is -0.480 e. The summed E-state index contributed by atoms with van der Waals surface area (Å²) in [6.07, 6.45) is -0.332. The molecular formula is C22H21NO4S. The molecule has 1 unspecified atom stereocenters. The molecule has 3 aromatic carbocycles. The number of sulfonamides is 1. The highest BCUT2D eigenvalue weighted by Gasteiger charge is 2.29. The van der Waals surface area contributed by atoms with Crippen LogP contribution in [0.5, 0.6) is 5.75 Å². The highest BCUT2D eigenvalue weighted by Crippen LogP contribution is 2.46. The lowest BCUT2D eigenvalue weighted by molar-refractivity contribution is 0.184. The maximum absolute atomic E-state index is 11.6. The fourth-order valence-electron chi connectivity index (χ4n) is 3.70. The fraction of sp³-hybridized carbons (Fsp3) is 0.182. The lowest BCUT2D eigenvalue weighted by Gasteiger charge is -2.31.